The van der Waals surface area contributed by atoms with Crippen molar-refractivity contribution in [3.63, 3.8) is 0 Å². The van der Waals surface area contributed by atoms with Gasteiger partial charge in [-0.15, -0.1) is 11.3 Å². The molecule has 0 saturated heterocycles. The van der Waals surface area contributed by atoms with Gasteiger partial charge in [0.05, 0.1) is 3.79 Å². The maximum Gasteiger partial charge on any atom is 0.0701 e. The van der Waals surface area contributed by atoms with Gasteiger partial charge in [0, 0.05) is 19.6 Å². The van der Waals surface area contributed by atoms with Crippen LogP contribution in [0.15, 0.2) is 27.4 Å². The lowest BCUT2D eigenvalue weighted by molar-refractivity contribution is 0.354. The van der Waals surface area contributed by atoms with Crippen LogP contribution in [0.25, 0.3) is 0 Å². The standard InChI is InChI=1S/C10H15BrN2S/c1-8(4-12)5-13(2)6-9-3-10(11)14-7-9/h3,7H,1,4-6,12H2,2H3. The number of thiophene rings is 1. The number of nitrogens with zero attached hydrogens (tertiary/aromatic N) is 1. The maximum absolute atomic E-state index is 5.49. The zero-order chi connectivity index (χ0) is 10.6. The fraction of sp³-hybridized carbons (Fsp3) is 0.400. The van der Waals surface area contributed by atoms with Gasteiger partial charge in [0.25, 0.3) is 0 Å². The van der Waals surface area contributed by atoms with E-state index in [0.717, 1.165) is 18.7 Å². The predicted molar refractivity (Wildman–Crippen MR) is 66.5 cm³/mol. The highest BCUT2D eigenvalue weighted by Crippen LogP contribution is 2.21. The van der Waals surface area contributed by atoms with Crippen molar-refractivity contribution in [3.8, 4) is 0 Å². The molecule has 0 aromatic carbocycles. The minimum Gasteiger partial charge on any atom is -0.327 e. The molecule has 2 N–H and O–H groups in total. The third kappa shape index (κ3) is 3.92. The Bertz CT molecular complexity index is 309. The van der Waals surface area contributed by atoms with Crippen molar-refractivity contribution in [2.75, 3.05) is 20.1 Å². The molecular weight excluding hydrogens is 260 g/mol. The van der Waals surface area contributed by atoms with Gasteiger partial charge in [-0.3, -0.25) is 4.90 Å². The zero-order valence-corrected chi connectivity index (χ0v) is 10.7. The van der Waals surface area contributed by atoms with Gasteiger partial charge in [-0.25, -0.2) is 0 Å². The molecular formula is C10H15BrN2S. The van der Waals surface area contributed by atoms with Crippen LogP contribution in [0.5, 0.6) is 0 Å². The summed E-state index contributed by atoms with van der Waals surface area (Å²) in [5.74, 6) is 0. The van der Waals surface area contributed by atoms with Gasteiger partial charge in [-0.2, -0.15) is 0 Å². The second kappa shape index (κ2) is 5.66. The van der Waals surface area contributed by atoms with Crippen LogP contribution in [0.3, 0.4) is 0 Å². The molecule has 0 atom stereocenters. The summed E-state index contributed by atoms with van der Waals surface area (Å²) >= 11 is 5.16. The first-order chi connectivity index (χ1) is 6.61. The van der Waals surface area contributed by atoms with Crippen LogP contribution in [0.2, 0.25) is 0 Å². The minimum atomic E-state index is 0.567. The zero-order valence-electron chi connectivity index (χ0n) is 8.29. The lowest BCUT2D eigenvalue weighted by atomic mass is 10.2. The molecule has 0 aliphatic rings. The summed E-state index contributed by atoms with van der Waals surface area (Å²) in [6.07, 6.45) is 0. The quantitative estimate of drug-likeness (QED) is 0.836. The monoisotopic (exact) mass is 274 g/mol. The molecule has 0 radical (unpaired) electrons. The van der Waals surface area contributed by atoms with Gasteiger partial charge < -0.3 is 5.73 Å². The van der Waals surface area contributed by atoms with Gasteiger partial charge in [0.2, 0.25) is 0 Å². The number of halogens is 1. The van der Waals surface area contributed by atoms with Crippen molar-refractivity contribution in [2.24, 2.45) is 5.73 Å². The van der Waals surface area contributed by atoms with E-state index in [-0.39, 0.29) is 0 Å². The number of hydrogen-bond donors (Lipinski definition) is 1. The average molecular weight is 275 g/mol. The summed E-state index contributed by atoms with van der Waals surface area (Å²) in [7, 11) is 2.08. The second-order valence-electron chi connectivity index (χ2n) is 3.39. The van der Waals surface area contributed by atoms with Gasteiger partial charge in [-0.1, -0.05) is 6.58 Å². The molecule has 1 heterocycles. The fourth-order valence-corrected chi connectivity index (χ4v) is 2.44. The van der Waals surface area contributed by atoms with E-state index in [1.807, 2.05) is 0 Å². The van der Waals surface area contributed by atoms with Crippen LogP contribution >= 0.6 is 27.3 Å². The third-order valence-electron chi connectivity index (χ3n) is 1.86. The summed E-state index contributed by atoms with van der Waals surface area (Å²) < 4.78 is 1.18. The van der Waals surface area contributed by atoms with E-state index in [1.54, 1.807) is 11.3 Å². The first-order valence-electron chi connectivity index (χ1n) is 4.40. The van der Waals surface area contributed by atoms with Crippen molar-refractivity contribution in [1.82, 2.24) is 4.90 Å². The van der Waals surface area contributed by atoms with Crippen LogP contribution in [-0.2, 0) is 6.54 Å². The highest BCUT2D eigenvalue weighted by Gasteiger charge is 2.03. The Morgan fingerprint density at radius 2 is 2.43 bits per heavy atom. The molecule has 2 nitrogen and oxygen atoms in total. The Kier molecular flexibility index (Phi) is 4.81. The molecule has 0 aliphatic carbocycles. The first kappa shape index (κ1) is 11.9. The molecule has 0 saturated carbocycles. The largest absolute Gasteiger partial charge is 0.327 e. The molecule has 0 unspecified atom stereocenters. The Labute approximate surface area is 97.5 Å². The molecule has 0 bridgehead atoms. The molecule has 4 heteroatoms. The highest BCUT2D eigenvalue weighted by molar-refractivity contribution is 9.11. The summed E-state index contributed by atoms with van der Waals surface area (Å²) in [5.41, 5.74) is 7.89. The molecule has 1 aromatic heterocycles. The van der Waals surface area contributed by atoms with Crippen molar-refractivity contribution >= 4 is 27.3 Å². The van der Waals surface area contributed by atoms with E-state index in [4.69, 9.17) is 5.73 Å². The summed E-state index contributed by atoms with van der Waals surface area (Å²) in [4.78, 5) is 2.21. The highest BCUT2D eigenvalue weighted by atomic mass is 79.9. The number of hydrogen-bond acceptors (Lipinski definition) is 3. The summed E-state index contributed by atoms with van der Waals surface area (Å²) in [6.45, 7) is 6.26. The third-order valence-corrected chi connectivity index (χ3v) is 3.41. The Hall–Kier alpha value is -0.160. The summed E-state index contributed by atoms with van der Waals surface area (Å²) in [6, 6.07) is 2.15. The SMILES string of the molecule is C=C(CN)CN(C)Cc1csc(Br)c1. The first-order valence-corrected chi connectivity index (χ1v) is 6.07. The van der Waals surface area contributed by atoms with E-state index < -0.39 is 0 Å². The lowest BCUT2D eigenvalue weighted by Gasteiger charge is -2.16. The molecule has 0 aliphatic heterocycles. The minimum absolute atomic E-state index is 0.567. The maximum atomic E-state index is 5.49. The van der Waals surface area contributed by atoms with Gasteiger partial charge in [0.1, 0.15) is 0 Å². The molecule has 0 fully saturated rings. The van der Waals surface area contributed by atoms with Gasteiger partial charge in [0.15, 0.2) is 0 Å². The van der Waals surface area contributed by atoms with Gasteiger partial charge >= 0.3 is 0 Å². The van der Waals surface area contributed by atoms with E-state index in [1.165, 1.54) is 9.35 Å². The number of likely N-dealkylation sites (N-methyl/N-ethyl adjacent to an activating group) is 1. The molecule has 14 heavy (non-hydrogen) atoms. The number of nitrogens with two attached hydrogens (primary N) is 1. The van der Waals surface area contributed by atoms with Crippen LogP contribution in [0, 0.1) is 0 Å². The van der Waals surface area contributed by atoms with Crippen LogP contribution in [0.1, 0.15) is 5.56 Å². The molecule has 1 rings (SSSR count). The van der Waals surface area contributed by atoms with Crippen molar-refractivity contribution < 1.29 is 0 Å². The molecule has 78 valence electrons. The lowest BCUT2D eigenvalue weighted by Crippen LogP contribution is -2.22. The predicted octanol–water partition coefficient (Wildman–Crippen LogP) is 2.46. The van der Waals surface area contributed by atoms with E-state index in [0.29, 0.717) is 6.54 Å². The fourth-order valence-electron chi connectivity index (χ4n) is 1.24. The van der Waals surface area contributed by atoms with E-state index in [2.05, 4.69) is 45.9 Å². The Balaban J connectivity index is 2.41. The van der Waals surface area contributed by atoms with Crippen molar-refractivity contribution in [2.45, 2.75) is 6.54 Å². The van der Waals surface area contributed by atoms with Crippen LogP contribution in [0.4, 0.5) is 0 Å². The van der Waals surface area contributed by atoms with Crippen molar-refractivity contribution in [1.29, 1.82) is 0 Å². The van der Waals surface area contributed by atoms with Crippen LogP contribution < -0.4 is 5.73 Å². The molecule has 1 aromatic rings. The Morgan fingerprint density at radius 1 is 1.71 bits per heavy atom. The van der Waals surface area contributed by atoms with Crippen LogP contribution in [-0.4, -0.2) is 25.0 Å². The smallest absolute Gasteiger partial charge is 0.0701 e. The molecule has 0 amide bonds. The number of rotatable bonds is 5. The second-order valence-corrected chi connectivity index (χ2v) is 5.68. The normalized spacial score (nSPS) is 10.9. The molecule has 0 spiro atoms. The topological polar surface area (TPSA) is 29.3 Å². The average Bonchev–Trinajstić information content (AvgIpc) is 2.50. The van der Waals surface area contributed by atoms with Gasteiger partial charge in [-0.05, 0) is 45.6 Å². The summed E-state index contributed by atoms with van der Waals surface area (Å²) in [5, 5.41) is 2.16. The van der Waals surface area contributed by atoms with Crippen molar-refractivity contribution in [3.05, 3.63) is 32.9 Å². The van der Waals surface area contributed by atoms with E-state index in [9.17, 15) is 0 Å². The Morgan fingerprint density at radius 3 is 2.93 bits per heavy atom. The van der Waals surface area contributed by atoms with E-state index >= 15 is 0 Å².